The molecule has 0 unspecified atom stereocenters. The van der Waals surface area contributed by atoms with Gasteiger partial charge in [-0.2, -0.15) is 12.7 Å². The fourth-order valence-corrected chi connectivity index (χ4v) is 3.64. The molecule has 1 aromatic carbocycles. The van der Waals surface area contributed by atoms with Crippen molar-refractivity contribution < 1.29 is 17.9 Å². The number of nitrogens with zero attached hydrogens (tertiary/aromatic N) is 1. The first-order valence-electron chi connectivity index (χ1n) is 6.25. The second-order valence-electron chi connectivity index (χ2n) is 4.69. The molecule has 0 spiro atoms. The summed E-state index contributed by atoms with van der Waals surface area (Å²) in [5, 5.41) is 0. The lowest BCUT2D eigenvalue weighted by Crippen LogP contribution is -2.34. The minimum absolute atomic E-state index is 0.00194. The molecular formula is C13H19BrN2O4S. The lowest BCUT2D eigenvalue weighted by Gasteiger charge is -2.20. The van der Waals surface area contributed by atoms with Gasteiger partial charge in [-0.25, -0.2) is 0 Å². The predicted octanol–water partition coefficient (Wildman–Crippen LogP) is 2.22. The summed E-state index contributed by atoms with van der Waals surface area (Å²) in [6, 6.07) is 3.72. The number of rotatable bonds is 6. The van der Waals surface area contributed by atoms with Crippen LogP contribution in [0.1, 0.15) is 17.5 Å². The standard InChI is InChI=1S/C13H19BrN2O4S/c1-9-7-10(2)13(11(14)8-9)15-21(18,19)16(3)6-5-12(17)20-4/h7-8,15H,5-6H2,1-4H3. The average molecular weight is 379 g/mol. The molecule has 0 saturated heterocycles. The first kappa shape index (κ1) is 17.9. The number of aryl methyl sites for hydroxylation is 2. The lowest BCUT2D eigenvalue weighted by atomic mass is 10.1. The molecule has 1 rings (SSSR count). The molecule has 0 bridgehead atoms. The van der Waals surface area contributed by atoms with Crippen molar-refractivity contribution in [3.05, 3.63) is 27.7 Å². The summed E-state index contributed by atoms with van der Waals surface area (Å²) < 4.78 is 33.2. The van der Waals surface area contributed by atoms with Gasteiger partial charge in [0, 0.05) is 18.1 Å². The monoisotopic (exact) mass is 378 g/mol. The van der Waals surface area contributed by atoms with Crippen molar-refractivity contribution in [1.82, 2.24) is 4.31 Å². The van der Waals surface area contributed by atoms with E-state index in [2.05, 4.69) is 25.4 Å². The van der Waals surface area contributed by atoms with Crippen LogP contribution in [0.5, 0.6) is 0 Å². The molecule has 8 heteroatoms. The van der Waals surface area contributed by atoms with Crippen LogP contribution in [-0.2, 0) is 19.7 Å². The van der Waals surface area contributed by atoms with Crippen LogP contribution in [0.25, 0.3) is 0 Å². The van der Waals surface area contributed by atoms with Crippen LogP contribution in [0, 0.1) is 13.8 Å². The van der Waals surface area contributed by atoms with Gasteiger partial charge in [0.25, 0.3) is 0 Å². The van der Waals surface area contributed by atoms with Crippen molar-refractivity contribution in [2.45, 2.75) is 20.3 Å². The van der Waals surface area contributed by atoms with Gasteiger partial charge in [-0.1, -0.05) is 6.07 Å². The number of methoxy groups -OCH3 is 1. The summed E-state index contributed by atoms with van der Waals surface area (Å²) >= 11 is 3.35. The smallest absolute Gasteiger partial charge is 0.306 e. The Bertz CT molecular complexity index is 608. The highest BCUT2D eigenvalue weighted by Gasteiger charge is 2.20. The Morgan fingerprint density at radius 1 is 1.38 bits per heavy atom. The highest BCUT2D eigenvalue weighted by atomic mass is 79.9. The number of nitrogens with one attached hydrogen (secondary N) is 1. The van der Waals surface area contributed by atoms with Crippen molar-refractivity contribution in [1.29, 1.82) is 0 Å². The number of hydrogen-bond acceptors (Lipinski definition) is 4. The molecule has 118 valence electrons. The van der Waals surface area contributed by atoms with Crippen LogP contribution in [0.4, 0.5) is 5.69 Å². The van der Waals surface area contributed by atoms with E-state index in [-0.39, 0.29) is 13.0 Å². The van der Waals surface area contributed by atoms with E-state index in [9.17, 15) is 13.2 Å². The second kappa shape index (κ2) is 7.24. The molecule has 21 heavy (non-hydrogen) atoms. The van der Waals surface area contributed by atoms with Gasteiger partial charge in [0.05, 0.1) is 19.2 Å². The topological polar surface area (TPSA) is 75.7 Å². The van der Waals surface area contributed by atoms with Crippen molar-refractivity contribution in [3.8, 4) is 0 Å². The minimum atomic E-state index is -3.73. The lowest BCUT2D eigenvalue weighted by molar-refractivity contribution is -0.140. The van der Waals surface area contributed by atoms with E-state index in [0.717, 1.165) is 15.4 Å². The number of anilines is 1. The molecule has 0 atom stereocenters. The van der Waals surface area contributed by atoms with E-state index in [4.69, 9.17) is 0 Å². The summed E-state index contributed by atoms with van der Waals surface area (Å²) in [5.74, 6) is -0.454. The number of hydrogen-bond donors (Lipinski definition) is 1. The van der Waals surface area contributed by atoms with Gasteiger partial charge >= 0.3 is 16.2 Å². The third kappa shape index (κ3) is 4.98. The quantitative estimate of drug-likeness (QED) is 0.769. The number of esters is 1. The molecule has 1 aromatic rings. The third-order valence-electron chi connectivity index (χ3n) is 2.93. The first-order valence-corrected chi connectivity index (χ1v) is 8.48. The zero-order valence-electron chi connectivity index (χ0n) is 12.4. The minimum Gasteiger partial charge on any atom is -0.469 e. The summed E-state index contributed by atoms with van der Waals surface area (Å²) in [5.41, 5.74) is 2.33. The van der Waals surface area contributed by atoms with Crippen LogP contribution in [0.2, 0.25) is 0 Å². The zero-order chi connectivity index (χ0) is 16.2. The van der Waals surface area contributed by atoms with E-state index < -0.39 is 16.2 Å². The van der Waals surface area contributed by atoms with Crippen LogP contribution < -0.4 is 4.72 Å². The molecule has 0 aliphatic rings. The normalized spacial score (nSPS) is 11.5. The Labute approximate surface area is 133 Å². The second-order valence-corrected chi connectivity index (χ2v) is 7.33. The maximum atomic E-state index is 12.2. The summed E-state index contributed by atoms with van der Waals surface area (Å²) in [7, 11) is -1.06. The largest absolute Gasteiger partial charge is 0.469 e. The van der Waals surface area contributed by atoms with Crippen LogP contribution in [0.3, 0.4) is 0 Å². The van der Waals surface area contributed by atoms with Crippen molar-refractivity contribution in [2.24, 2.45) is 0 Å². The number of halogens is 1. The Morgan fingerprint density at radius 3 is 2.52 bits per heavy atom. The molecule has 6 nitrogen and oxygen atoms in total. The molecule has 0 aromatic heterocycles. The van der Waals surface area contributed by atoms with Gasteiger partial charge in [0.2, 0.25) is 0 Å². The van der Waals surface area contributed by atoms with E-state index >= 15 is 0 Å². The third-order valence-corrected chi connectivity index (χ3v) is 5.02. The summed E-state index contributed by atoms with van der Waals surface area (Å²) in [6.45, 7) is 3.80. The van der Waals surface area contributed by atoms with Gasteiger partial charge in [-0.15, -0.1) is 0 Å². The molecule has 0 heterocycles. The first-order chi connectivity index (χ1) is 9.67. The summed E-state index contributed by atoms with van der Waals surface area (Å²) in [4.78, 5) is 11.1. The Balaban J connectivity index is 2.88. The molecule has 0 amide bonds. The van der Waals surface area contributed by atoms with E-state index in [1.54, 1.807) is 0 Å². The number of carbonyl (C=O) groups is 1. The molecule has 1 N–H and O–H groups in total. The van der Waals surface area contributed by atoms with Gasteiger partial charge in [0.15, 0.2) is 0 Å². The fourth-order valence-electron chi connectivity index (χ4n) is 1.72. The van der Waals surface area contributed by atoms with Crippen LogP contribution >= 0.6 is 15.9 Å². The molecule has 0 fully saturated rings. The van der Waals surface area contributed by atoms with Gasteiger partial charge in [-0.3, -0.25) is 9.52 Å². The maximum absolute atomic E-state index is 12.2. The van der Waals surface area contributed by atoms with E-state index in [1.165, 1.54) is 14.2 Å². The maximum Gasteiger partial charge on any atom is 0.306 e. The van der Waals surface area contributed by atoms with E-state index in [0.29, 0.717) is 10.2 Å². The van der Waals surface area contributed by atoms with Crippen molar-refractivity contribution >= 4 is 37.8 Å². The highest BCUT2D eigenvalue weighted by Crippen LogP contribution is 2.29. The van der Waals surface area contributed by atoms with Crippen LogP contribution in [0.15, 0.2) is 16.6 Å². The predicted molar refractivity (Wildman–Crippen MR) is 85.4 cm³/mol. The average Bonchev–Trinajstić information content (AvgIpc) is 2.39. The molecule has 0 aliphatic heterocycles. The fraction of sp³-hybridized carbons (Fsp3) is 0.462. The van der Waals surface area contributed by atoms with Crippen LogP contribution in [-0.4, -0.2) is 39.4 Å². The zero-order valence-corrected chi connectivity index (χ0v) is 14.8. The highest BCUT2D eigenvalue weighted by molar-refractivity contribution is 9.10. The Kier molecular flexibility index (Phi) is 6.18. The molecular weight excluding hydrogens is 360 g/mol. The van der Waals surface area contributed by atoms with Crippen molar-refractivity contribution in [3.63, 3.8) is 0 Å². The Hall–Kier alpha value is -1.12. The summed E-state index contributed by atoms with van der Waals surface area (Å²) in [6.07, 6.45) is 0.00194. The van der Waals surface area contributed by atoms with Gasteiger partial charge in [-0.05, 0) is 47.0 Å². The SMILES string of the molecule is COC(=O)CCN(C)S(=O)(=O)Nc1c(C)cc(C)cc1Br. The van der Waals surface area contributed by atoms with Gasteiger partial charge in [0.1, 0.15) is 0 Å². The number of benzene rings is 1. The Morgan fingerprint density at radius 2 is 2.00 bits per heavy atom. The molecule has 0 saturated carbocycles. The number of carbonyl (C=O) groups excluding carboxylic acids is 1. The molecule has 0 aliphatic carbocycles. The van der Waals surface area contributed by atoms with Crippen molar-refractivity contribution in [2.75, 3.05) is 25.4 Å². The van der Waals surface area contributed by atoms with E-state index in [1.807, 2.05) is 26.0 Å². The number of ether oxygens (including phenoxy) is 1. The molecule has 0 radical (unpaired) electrons. The van der Waals surface area contributed by atoms with Gasteiger partial charge < -0.3 is 4.74 Å².